The van der Waals surface area contributed by atoms with Gasteiger partial charge in [0.2, 0.25) is 0 Å². The van der Waals surface area contributed by atoms with E-state index in [1.165, 1.54) is 6.07 Å². The number of nitrogens with one attached hydrogen (secondary N) is 3. The zero-order valence-electron chi connectivity index (χ0n) is 14.2. The van der Waals surface area contributed by atoms with Gasteiger partial charge in [0, 0.05) is 23.9 Å². The Hall–Kier alpha value is -3.45. The Morgan fingerprint density at radius 1 is 1.15 bits per heavy atom. The minimum absolute atomic E-state index is 0.0881. The first-order chi connectivity index (χ1) is 13.1. The van der Waals surface area contributed by atoms with Gasteiger partial charge < -0.3 is 9.97 Å². The van der Waals surface area contributed by atoms with E-state index >= 15 is 0 Å². The van der Waals surface area contributed by atoms with E-state index in [2.05, 4.69) is 20.1 Å². The number of H-pyrrole nitrogens is 3. The van der Waals surface area contributed by atoms with Gasteiger partial charge in [0.05, 0.1) is 22.3 Å². The summed E-state index contributed by atoms with van der Waals surface area (Å²) in [6.07, 6.45) is 5.11. The van der Waals surface area contributed by atoms with Crippen molar-refractivity contribution in [3.63, 3.8) is 0 Å². The average molecular weight is 378 g/mol. The van der Waals surface area contributed by atoms with Crippen LogP contribution in [0.5, 0.6) is 0 Å². The minimum atomic E-state index is -0.0881. The van der Waals surface area contributed by atoms with E-state index in [1.807, 2.05) is 42.2 Å². The van der Waals surface area contributed by atoms with Crippen LogP contribution in [0.1, 0.15) is 0 Å². The molecule has 0 amide bonds. The molecule has 27 heavy (non-hydrogen) atoms. The third-order valence-corrected chi connectivity index (χ3v) is 4.84. The van der Waals surface area contributed by atoms with Crippen molar-refractivity contribution < 1.29 is 4.68 Å². The fourth-order valence-corrected chi connectivity index (χ4v) is 3.54. The van der Waals surface area contributed by atoms with E-state index < -0.39 is 0 Å². The Morgan fingerprint density at radius 3 is 2.85 bits per heavy atom. The lowest BCUT2D eigenvalue weighted by atomic mass is 10.00. The normalized spacial score (nSPS) is 11.5. The summed E-state index contributed by atoms with van der Waals surface area (Å²) in [5, 5.41) is 4.29. The summed E-state index contributed by atoms with van der Waals surface area (Å²) < 4.78 is 1.84. The lowest BCUT2D eigenvalue weighted by molar-refractivity contribution is -0.726. The van der Waals surface area contributed by atoms with Crippen LogP contribution in [0.2, 0.25) is 5.02 Å². The molecule has 0 aliphatic carbocycles. The molecule has 0 radical (unpaired) electrons. The molecular weight excluding hydrogens is 364 g/mol. The topological polar surface area (TPSA) is 94.1 Å². The van der Waals surface area contributed by atoms with E-state index in [4.69, 9.17) is 16.6 Å². The molecule has 0 atom stereocenters. The highest BCUT2D eigenvalue weighted by Crippen LogP contribution is 2.35. The van der Waals surface area contributed by atoms with Gasteiger partial charge in [-0.25, -0.2) is 9.97 Å². The molecule has 8 heteroatoms. The third-order valence-electron chi connectivity index (χ3n) is 4.55. The second-order valence-corrected chi connectivity index (χ2v) is 6.74. The summed E-state index contributed by atoms with van der Waals surface area (Å²) in [4.78, 5) is 27.4. The maximum absolute atomic E-state index is 12.3. The Kier molecular flexibility index (Phi) is 3.38. The second kappa shape index (κ2) is 5.78. The first-order valence-corrected chi connectivity index (χ1v) is 8.68. The molecule has 0 saturated carbocycles. The number of hydrogen-bond acceptors (Lipinski definition) is 3. The summed E-state index contributed by atoms with van der Waals surface area (Å²) in [7, 11) is 1.90. The molecule has 5 rings (SSSR count). The molecule has 3 N–H and O–H groups in total. The summed E-state index contributed by atoms with van der Waals surface area (Å²) in [5.41, 5.74) is 5.19. The number of hydrogen-bond donors (Lipinski definition) is 3. The smallest absolute Gasteiger partial charge is 0.195 e. The van der Waals surface area contributed by atoms with E-state index in [9.17, 15) is 4.79 Å². The molecule has 0 aliphatic rings. The van der Waals surface area contributed by atoms with Crippen molar-refractivity contribution in [1.29, 1.82) is 0 Å². The molecule has 4 heterocycles. The van der Waals surface area contributed by atoms with Crippen LogP contribution in [0.3, 0.4) is 0 Å². The molecule has 1 aromatic carbocycles. The summed E-state index contributed by atoms with van der Waals surface area (Å²) in [6, 6.07) is 9.09. The van der Waals surface area contributed by atoms with Gasteiger partial charge in [-0.3, -0.25) is 4.79 Å². The predicted molar refractivity (Wildman–Crippen MR) is 103 cm³/mol. The van der Waals surface area contributed by atoms with Crippen LogP contribution in [-0.4, -0.2) is 25.0 Å². The Labute approximate surface area is 157 Å². The van der Waals surface area contributed by atoms with Gasteiger partial charge in [0.25, 0.3) is 0 Å². The van der Waals surface area contributed by atoms with E-state index in [1.54, 1.807) is 12.5 Å². The van der Waals surface area contributed by atoms with Crippen LogP contribution in [0.25, 0.3) is 44.6 Å². The maximum Gasteiger partial charge on any atom is 0.195 e. The van der Waals surface area contributed by atoms with E-state index in [-0.39, 0.29) is 5.43 Å². The highest BCUT2D eigenvalue weighted by atomic mass is 35.5. The van der Waals surface area contributed by atoms with Gasteiger partial charge in [-0.2, -0.15) is 5.10 Å². The van der Waals surface area contributed by atoms with Gasteiger partial charge in [-0.15, -0.1) is 4.68 Å². The lowest BCUT2D eigenvalue weighted by Gasteiger charge is -2.10. The molecule has 0 aliphatic heterocycles. The van der Waals surface area contributed by atoms with Crippen LogP contribution in [0.4, 0.5) is 0 Å². The first-order valence-electron chi connectivity index (χ1n) is 8.30. The second-order valence-electron chi connectivity index (χ2n) is 6.33. The number of rotatable bonds is 2. The number of pyridine rings is 2. The molecule has 0 spiro atoms. The number of aryl methyl sites for hydroxylation is 1. The molecule has 0 saturated heterocycles. The zero-order chi connectivity index (χ0) is 18.5. The standard InChI is InChI=1S/C19H13ClN6O/c1-26-5-3-14(25-26)17-11(8-12-16(27)2-4-21-19(12)24-17)10-6-13(20)18-15(7-10)22-9-23-18/h2-9H,1H3,(H2,21,22,23,24,25,27)/p+1. The summed E-state index contributed by atoms with van der Waals surface area (Å²) in [6.45, 7) is 0. The lowest BCUT2D eigenvalue weighted by Crippen LogP contribution is -2.28. The van der Waals surface area contributed by atoms with Crippen molar-refractivity contribution in [2.45, 2.75) is 0 Å². The Morgan fingerprint density at radius 2 is 2.04 bits per heavy atom. The molecule has 7 nitrogen and oxygen atoms in total. The molecular formula is C19H14ClN6O+. The highest BCUT2D eigenvalue weighted by Gasteiger charge is 2.17. The van der Waals surface area contributed by atoms with Crippen LogP contribution < -0.4 is 10.1 Å². The minimum Gasteiger partial charge on any atom is -0.346 e. The average Bonchev–Trinajstić information content (AvgIpc) is 3.30. The molecule has 4 aromatic heterocycles. The zero-order valence-corrected chi connectivity index (χ0v) is 15.0. The number of halogens is 1. The largest absolute Gasteiger partial charge is 0.346 e. The van der Waals surface area contributed by atoms with Crippen molar-refractivity contribution in [3.05, 3.63) is 64.3 Å². The van der Waals surface area contributed by atoms with Gasteiger partial charge >= 0.3 is 0 Å². The Balaban J connectivity index is 1.88. The van der Waals surface area contributed by atoms with Crippen LogP contribution >= 0.6 is 11.6 Å². The highest BCUT2D eigenvalue weighted by molar-refractivity contribution is 6.35. The molecule has 5 aromatic rings. The summed E-state index contributed by atoms with van der Waals surface area (Å²) >= 11 is 6.42. The van der Waals surface area contributed by atoms with E-state index in [0.29, 0.717) is 21.6 Å². The van der Waals surface area contributed by atoms with Crippen LogP contribution in [-0.2, 0) is 7.05 Å². The van der Waals surface area contributed by atoms with Gasteiger partial charge in [-0.05, 0) is 23.8 Å². The van der Waals surface area contributed by atoms with E-state index in [0.717, 1.165) is 28.0 Å². The van der Waals surface area contributed by atoms with Crippen molar-refractivity contribution in [1.82, 2.24) is 25.0 Å². The number of benzene rings is 1. The third kappa shape index (κ3) is 2.51. The van der Waals surface area contributed by atoms with Gasteiger partial charge in [-0.1, -0.05) is 11.6 Å². The molecule has 0 unspecified atom stereocenters. The van der Waals surface area contributed by atoms with Crippen molar-refractivity contribution in [2.75, 3.05) is 0 Å². The first kappa shape index (κ1) is 15.8. The van der Waals surface area contributed by atoms with Crippen molar-refractivity contribution >= 4 is 33.7 Å². The van der Waals surface area contributed by atoms with Crippen LogP contribution in [0, 0.1) is 0 Å². The molecule has 0 bridgehead atoms. The number of imidazole rings is 1. The number of aromatic nitrogens is 6. The fourth-order valence-electron chi connectivity index (χ4n) is 3.27. The fraction of sp³-hybridized carbons (Fsp3) is 0.0526. The van der Waals surface area contributed by atoms with Gasteiger partial charge in [0.1, 0.15) is 22.6 Å². The quantitative estimate of drug-likeness (QED) is 0.413. The Bertz CT molecular complexity index is 1380. The van der Waals surface area contributed by atoms with Gasteiger partial charge in [0.15, 0.2) is 18.7 Å². The molecule has 0 fully saturated rings. The number of aromatic amines is 3. The number of nitrogens with zero attached hydrogens (tertiary/aromatic N) is 3. The predicted octanol–water partition coefficient (Wildman–Crippen LogP) is 2.94. The molecule has 132 valence electrons. The summed E-state index contributed by atoms with van der Waals surface area (Å²) in [5.74, 6) is 0. The number of fused-ring (bicyclic) bond motifs is 2. The van der Waals surface area contributed by atoms with Crippen molar-refractivity contribution in [3.8, 4) is 22.5 Å². The van der Waals surface area contributed by atoms with Crippen LogP contribution in [0.15, 0.2) is 53.8 Å². The monoisotopic (exact) mass is 377 g/mol. The maximum atomic E-state index is 12.3. The van der Waals surface area contributed by atoms with Crippen molar-refractivity contribution in [2.24, 2.45) is 7.05 Å². The SMILES string of the molecule is C[n+]1ccc(-c2nc3[nH]ccc(=O)c3cc2-c2cc(Cl)c3nc[nH]c3c2)[nH]1.